The largest absolute Gasteiger partial charge is 0.496 e. The van der Waals surface area contributed by atoms with E-state index in [4.69, 9.17) is 9.84 Å². The van der Waals surface area contributed by atoms with Gasteiger partial charge >= 0.3 is 5.97 Å². The van der Waals surface area contributed by atoms with Gasteiger partial charge in [-0.05, 0) is 31.4 Å². The van der Waals surface area contributed by atoms with Crippen LogP contribution in [0.3, 0.4) is 0 Å². The molecule has 0 bridgehead atoms. The number of carbonyl (C=O) groups excluding carboxylic acids is 1. The fraction of sp³-hybridized carbons (Fsp3) is 0.429. The Morgan fingerprint density at radius 3 is 2.68 bits per heavy atom. The van der Waals surface area contributed by atoms with Gasteiger partial charge in [0.1, 0.15) is 11.8 Å². The van der Waals surface area contributed by atoms with Gasteiger partial charge in [0, 0.05) is 6.42 Å². The molecule has 0 fully saturated rings. The van der Waals surface area contributed by atoms with Crippen LogP contribution in [0.2, 0.25) is 0 Å². The molecule has 1 aromatic rings. The Labute approximate surface area is 112 Å². The van der Waals surface area contributed by atoms with Gasteiger partial charge < -0.3 is 15.2 Å². The first-order chi connectivity index (χ1) is 8.95. The molecule has 0 aliphatic rings. The monoisotopic (exact) mass is 265 g/mol. The second-order valence-corrected chi connectivity index (χ2v) is 4.39. The maximum absolute atomic E-state index is 11.6. The molecule has 1 rings (SSSR count). The van der Waals surface area contributed by atoms with Crippen molar-refractivity contribution in [1.29, 1.82) is 0 Å². The predicted molar refractivity (Wildman–Crippen MR) is 71.3 cm³/mol. The van der Waals surface area contributed by atoms with Crippen LogP contribution in [0.4, 0.5) is 0 Å². The number of hydrogen-bond acceptors (Lipinski definition) is 3. The highest BCUT2D eigenvalue weighted by molar-refractivity contribution is 5.83. The lowest BCUT2D eigenvalue weighted by molar-refractivity contribution is -0.141. The normalized spacial score (nSPS) is 11.7. The van der Waals surface area contributed by atoms with Crippen molar-refractivity contribution in [2.45, 2.75) is 32.7 Å². The molecule has 0 spiro atoms. The van der Waals surface area contributed by atoms with Gasteiger partial charge in [0.25, 0.3) is 0 Å². The molecule has 0 unspecified atom stereocenters. The number of nitrogens with one attached hydrogen (secondary N) is 1. The van der Waals surface area contributed by atoms with E-state index in [0.717, 1.165) is 16.9 Å². The average molecular weight is 265 g/mol. The van der Waals surface area contributed by atoms with E-state index in [1.807, 2.05) is 25.1 Å². The molecule has 1 aromatic carbocycles. The Bertz CT molecular complexity index is 471. The van der Waals surface area contributed by atoms with Crippen LogP contribution in [0.15, 0.2) is 18.2 Å². The Morgan fingerprint density at radius 1 is 1.42 bits per heavy atom. The first-order valence-electron chi connectivity index (χ1n) is 6.10. The molecule has 104 valence electrons. The summed E-state index contributed by atoms with van der Waals surface area (Å²) in [5.74, 6) is -0.540. The second kappa shape index (κ2) is 6.78. The van der Waals surface area contributed by atoms with Crippen molar-refractivity contribution in [3.63, 3.8) is 0 Å². The highest BCUT2D eigenvalue weighted by Gasteiger charge is 2.14. The lowest BCUT2D eigenvalue weighted by Gasteiger charge is -2.12. The van der Waals surface area contributed by atoms with Crippen molar-refractivity contribution in [3.05, 3.63) is 29.3 Å². The van der Waals surface area contributed by atoms with Crippen molar-refractivity contribution in [3.8, 4) is 5.75 Å². The van der Waals surface area contributed by atoms with E-state index < -0.39 is 12.0 Å². The molecule has 1 atom stereocenters. The van der Waals surface area contributed by atoms with Crippen LogP contribution in [0, 0.1) is 6.92 Å². The fourth-order valence-corrected chi connectivity index (χ4v) is 1.83. The summed E-state index contributed by atoms with van der Waals surface area (Å²) in [6.45, 7) is 3.38. The molecule has 0 saturated heterocycles. The number of carbonyl (C=O) groups is 2. The zero-order valence-corrected chi connectivity index (χ0v) is 11.4. The van der Waals surface area contributed by atoms with E-state index in [9.17, 15) is 9.59 Å². The van der Waals surface area contributed by atoms with Crippen molar-refractivity contribution in [1.82, 2.24) is 5.32 Å². The quantitative estimate of drug-likeness (QED) is 0.817. The molecular formula is C14H19NO4. The number of aliphatic carboxylic acids is 1. The van der Waals surface area contributed by atoms with E-state index in [2.05, 4.69) is 5.32 Å². The fourth-order valence-electron chi connectivity index (χ4n) is 1.83. The standard InChI is InChI=1S/C14H19NO4/c1-9-5-4-6-11(13(9)19-3)7-8-12(16)15-10(2)14(17)18/h4-6,10H,7-8H2,1-3H3,(H,15,16)(H,17,18)/t10-/m0/s1. The molecule has 5 nitrogen and oxygen atoms in total. The number of hydrogen-bond donors (Lipinski definition) is 2. The average Bonchev–Trinajstić information content (AvgIpc) is 2.36. The Balaban J connectivity index is 2.60. The van der Waals surface area contributed by atoms with Crippen molar-refractivity contribution >= 4 is 11.9 Å². The first-order valence-corrected chi connectivity index (χ1v) is 6.10. The summed E-state index contributed by atoms with van der Waals surface area (Å²) in [6.07, 6.45) is 0.750. The van der Waals surface area contributed by atoms with E-state index in [0.29, 0.717) is 6.42 Å². The van der Waals surface area contributed by atoms with Crippen LogP contribution in [0.25, 0.3) is 0 Å². The molecule has 1 amide bonds. The van der Waals surface area contributed by atoms with Gasteiger partial charge in [-0.1, -0.05) is 18.2 Å². The number of para-hydroxylation sites is 1. The summed E-state index contributed by atoms with van der Waals surface area (Å²) < 4.78 is 5.30. The lowest BCUT2D eigenvalue weighted by atomic mass is 10.0. The molecule has 0 aliphatic heterocycles. The van der Waals surface area contributed by atoms with Gasteiger partial charge in [-0.3, -0.25) is 9.59 Å². The highest BCUT2D eigenvalue weighted by atomic mass is 16.5. The zero-order valence-electron chi connectivity index (χ0n) is 11.4. The molecule has 19 heavy (non-hydrogen) atoms. The van der Waals surface area contributed by atoms with Gasteiger partial charge in [0.05, 0.1) is 7.11 Å². The number of amides is 1. The number of aryl methyl sites for hydroxylation is 2. The summed E-state index contributed by atoms with van der Waals surface area (Å²) in [5, 5.41) is 11.1. The summed E-state index contributed by atoms with van der Waals surface area (Å²) in [5.41, 5.74) is 1.96. The third-order valence-corrected chi connectivity index (χ3v) is 2.87. The van der Waals surface area contributed by atoms with Gasteiger partial charge in [-0.15, -0.1) is 0 Å². The van der Waals surface area contributed by atoms with Crippen LogP contribution in [-0.2, 0) is 16.0 Å². The summed E-state index contributed by atoms with van der Waals surface area (Å²) >= 11 is 0. The molecular weight excluding hydrogens is 246 g/mol. The third kappa shape index (κ3) is 4.28. The molecule has 0 heterocycles. The minimum Gasteiger partial charge on any atom is -0.496 e. The number of benzene rings is 1. The Hall–Kier alpha value is -2.04. The van der Waals surface area contributed by atoms with E-state index in [-0.39, 0.29) is 12.3 Å². The van der Waals surface area contributed by atoms with E-state index >= 15 is 0 Å². The number of ether oxygens (including phenoxy) is 1. The van der Waals surface area contributed by atoms with Crippen molar-refractivity contribution in [2.75, 3.05) is 7.11 Å². The molecule has 0 aliphatic carbocycles. The van der Waals surface area contributed by atoms with Crippen LogP contribution in [0.1, 0.15) is 24.5 Å². The minimum atomic E-state index is -1.04. The van der Waals surface area contributed by atoms with Crippen molar-refractivity contribution in [2.24, 2.45) is 0 Å². The minimum absolute atomic E-state index is 0.234. The second-order valence-electron chi connectivity index (χ2n) is 4.39. The Kier molecular flexibility index (Phi) is 5.36. The van der Waals surface area contributed by atoms with Crippen LogP contribution in [0.5, 0.6) is 5.75 Å². The number of methoxy groups -OCH3 is 1. The highest BCUT2D eigenvalue weighted by Crippen LogP contribution is 2.23. The van der Waals surface area contributed by atoms with Crippen LogP contribution >= 0.6 is 0 Å². The number of rotatable bonds is 6. The summed E-state index contributed by atoms with van der Waals surface area (Å²) in [4.78, 5) is 22.2. The maximum Gasteiger partial charge on any atom is 0.325 e. The van der Waals surface area contributed by atoms with Gasteiger partial charge in [-0.2, -0.15) is 0 Å². The van der Waals surface area contributed by atoms with E-state index in [1.165, 1.54) is 6.92 Å². The lowest BCUT2D eigenvalue weighted by Crippen LogP contribution is -2.38. The summed E-state index contributed by atoms with van der Waals surface area (Å²) in [7, 11) is 1.60. The molecule has 5 heteroatoms. The molecule has 0 aromatic heterocycles. The SMILES string of the molecule is COc1c(C)cccc1CCC(=O)N[C@@H](C)C(=O)O. The number of carboxylic acids is 1. The topological polar surface area (TPSA) is 75.6 Å². The van der Waals surface area contributed by atoms with Crippen molar-refractivity contribution < 1.29 is 19.4 Å². The maximum atomic E-state index is 11.6. The first kappa shape index (κ1) is 15.0. The van der Waals surface area contributed by atoms with Crippen LogP contribution in [-0.4, -0.2) is 30.1 Å². The van der Waals surface area contributed by atoms with E-state index in [1.54, 1.807) is 7.11 Å². The van der Waals surface area contributed by atoms with Crippen LogP contribution < -0.4 is 10.1 Å². The van der Waals surface area contributed by atoms with Gasteiger partial charge in [0.2, 0.25) is 5.91 Å². The zero-order chi connectivity index (χ0) is 14.4. The summed E-state index contributed by atoms with van der Waals surface area (Å²) in [6, 6.07) is 4.88. The Morgan fingerprint density at radius 2 is 2.11 bits per heavy atom. The van der Waals surface area contributed by atoms with Gasteiger partial charge in [-0.25, -0.2) is 0 Å². The third-order valence-electron chi connectivity index (χ3n) is 2.87. The van der Waals surface area contributed by atoms with Gasteiger partial charge in [0.15, 0.2) is 0 Å². The molecule has 0 radical (unpaired) electrons. The number of carboxylic acid groups (broad SMARTS) is 1. The molecule has 2 N–H and O–H groups in total. The smallest absolute Gasteiger partial charge is 0.325 e. The predicted octanol–water partition coefficient (Wildman–Crippen LogP) is 1.53. The molecule has 0 saturated carbocycles.